The van der Waals surface area contributed by atoms with Gasteiger partial charge in [0.15, 0.2) is 0 Å². The van der Waals surface area contributed by atoms with Crippen LogP contribution < -0.4 is 10.6 Å². The molecule has 2 amide bonds. The lowest BCUT2D eigenvalue weighted by Gasteiger charge is -2.07. The number of carbonyl (C=O) groups excluding carboxylic acids is 1. The normalized spacial score (nSPS) is 9.88. The summed E-state index contributed by atoms with van der Waals surface area (Å²) in [5.41, 5.74) is 0.615. The van der Waals surface area contributed by atoms with Crippen LogP contribution in [0, 0.1) is 0 Å². The molecule has 0 aliphatic heterocycles. The maximum absolute atomic E-state index is 11.4. The molecule has 6 heteroatoms. The number of urea groups is 1. The number of anilines is 1. The number of carbonyl (C=O) groups is 1. The van der Waals surface area contributed by atoms with E-state index >= 15 is 0 Å². The predicted molar refractivity (Wildman–Crippen MR) is 62.8 cm³/mol. The van der Waals surface area contributed by atoms with Gasteiger partial charge in [0.25, 0.3) is 0 Å². The molecule has 0 saturated heterocycles. The van der Waals surface area contributed by atoms with E-state index in [1.165, 1.54) is 6.20 Å². The van der Waals surface area contributed by atoms with Crippen LogP contribution in [-0.4, -0.2) is 31.3 Å². The number of hydrogen-bond donors (Lipinski definition) is 2. The minimum atomic E-state index is -0.265. The number of aromatic nitrogens is 1. The first-order chi connectivity index (χ1) is 7.72. The fraction of sp³-hybridized carbons (Fsp3) is 0.400. The highest BCUT2D eigenvalue weighted by molar-refractivity contribution is 6.29. The van der Waals surface area contributed by atoms with E-state index in [1.807, 2.05) is 0 Å². The van der Waals surface area contributed by atoms with Gasteiger partial charge in [-0.25, -0.2) is 9.78 Å². The first kappa shape index (κ1) is 12.7. The van der Waals surface area contributed by atoms with Crippen LogP contribution in [0.2, 0.25) is 5.15 Å². The third-order valence-electron chi connectivity index (χ3n) is 1.80. The maximum atomic E-state index is 11.4. The van der Waals surface area contributed by atoms with Gasteiger partial charge < -0.3 is 15.4 Å². The zero-order chi connectivity index (χ0) is 11.8. The highest BCUT2D eigenvalue weighted by Crippen LogP contribution is 2.11. The van der Waals surface area contributed by atoms with Gasteiger partial charge in [0, 0.05) is 32.1 Å². The molecule has 0 atom stereocenters. The minimum Gasteiger partial charge on any atom is -0.385 e. The Morgan fingerprint density at radius 1 is 1.62 bits per heavy atom. The van der Waals surface area contributed by atoms with Crippen molar-refractivity contribution in [2.24, 2.45) is 0 Å². The van der Waals surface area contributed by atoms with Crippen LogP contribution in [0.15, 0.2) is 18.3 Å². The fourth-order valence-electron chi connectivity index (χ4n) is 1.07. The van der Waals surface area contributed by atoms with E-state index in [-0.39, 0.29) is 6.03 Å². The smallest absolute Gasteiger partial charge is 0.319 e. The molecule has 1 heterocycles. The average Bonchev–Trinajstić information content (AvgIpc) is 2.24. The highest BCUT2D eigenvalue weighted by atomic mass is 35.5. The molecule has 1 aromatic heterocycles. The summed E-state index contributed by atoms with van der Waals surface area (Å²) in [4.78, 5) is 15.2. The van der Waals surface area contributed by atoms with Crippen LogP contribution in [0.4, 0.5) is 10.5 Å². The van der Waals surface area contributed by atoms with Crippen LogP contribution >= 0.6 is 11.6 Å². The van der Waals surface area contributed by atoms with Gasteiger partial charge in [0.1, 0.15) is 5.15 Å². The number of methoxy groups -OCH3 is 1. The van der Waals surface area contributed by atoms with Crippen LogP contribution in [0.5, 0.6) is 0 Å². The highest BCUT2D eigenvalue weighted by Gasteiger charge is 2.01. The standard InChI is InChI=1S/C10H14ClN3O2/c1-16-6-2-4-13-10(15)14-8-3-5-12-9(11)7-8/h3,5,7H,2,4,6H2,1H3,(H2,12,13,14,15). The molecule has 16 heavy (non-hydrogen) atoms. The molecule has 0 radical (unpaired) electrons. The van der Waals surface area contributed by atoms with Crippen molar-refractivity contribution >= 4 is 23.3 Å². The lowest BCUT2D eigenvalue weighted by atomic mass is 10.4. The summed E-state index contributed by atoms with van der Waals surface area (Å²) in [7, 11) is 1.62. The van der Waals surface area contributed by atoms with Crippen molar-refractivity contribution < 1.29 is 9.53 Å². The van der Waals surface area contributed by atoms with E-state index in [0.717, 1.165) is 6.42 Å². The van der Waals surface area contributed by atoms with E-state index in [4.69, 9.17) is 16.3 Å². The van der Waals surface area contributed by atoms with E-state index in [2.05, 4.69) is 15.6 Å². The van der Waals surface area contributed by atoms with Gasteiger partial charge in [-0.05, 0) is 18.6 Å². The molecule has 0 fully saturated rings. The molecule has 88 valence electrons. The Kier molecular flexibility index (Phi) is 5.60. The maximum Gasteiger partial charge on any atom is 0.319 e. The third kappa shape index (κ3) is 4.95. The molecule has 5 nitrogen and oxygen atoms in total. The molecule has 0 aromatic carbocycles. The Balaban J connectivity index is 2.29. The summed E-state index contributed by atoms with van der Waals surface area (Å²) in [5.74, 6) is 0. The van der Waals surface area contributed by atoms with Gasteiger partial charge in [0.2, 0.25) is 0 Å². The average molecular weight is 244 g/mol. The van der Waals surface area contributed by atoms with Gasteiger partial charge in [-0.3, -0.25) is 0 Å². The molecule has 0 aliphatic rings. The monoisotopic (exact) mass is 243 g/mol. The van der Waals surface area contributed by atoms with Crippen molar-refractivity contribution in [1.82, 2.24) is 10.3 Å². The summed E-state index contributed by atoms with van der Waals surface area (Å²) in [6, 6.07) is 2.98. The third-order valence-corrected chi connectivity index (χ3v) is 2.00. The number of amides is 2. The van der Waals surface area contributed by atoms with Gasteiger partial charge in [-0.1, -0.05) is 11.6 Å². The van der Waals surface area contributed by atoms with Crippen molar-refractivity contribution in [1.29, 1.82) is 0 Å². The topological polar surface area (TPSA) is 63.2 Å². The Labute approximate surface area is 99.2 Å². The van der Waals surface area contributed by atoms with E-state index < -0.39 is 0 Å². The van der Waals surface area contributed by atoms with E-state index in [0.29, 0.717) is 24.0 Å². The number of hydrogen-bond acceptors (Lipinski definition) is 3. The Bertz CT molecular complexity index is 347. The summed E-state index contributed by atoms with van der Waals surface area (Å²) in [5, 5.41) is 5.68. The zero-order valence-corrected chi connectivity index (χ0v) is 9.75. The SMILES string of the molecule is COCCCNC(=O)Nc1ccnc(Cl)c1. The van der Waals surface area contributed by atoms with Crippen LogP contribution in [0.25, 0.3) is 0 Å². The number of halogens is 1. The quantitative estimate of drug-likeness (QED) is 0.613. The van der Waals surface area contributed by atoms with Gasteiger partial charge in [-0.2, -0.15) is 0 Å². The predicted octanol–water partition coefficient (Wildman–Crippen LogP) is 1.89. The number of pyridine rings is 1. The number of rotatable bonds is 5. The second kappa shape index (κ2) is 7.03. The summed E-state index contributed by atoms with van der Waals surface area (Å²) in [6.45, 7) is 1.19. The molecule has 0 spiro atoms. The Morgan fingerprint density at radius 3 is 3.12 bits per heavy atom. The molecule has 0 saturated carbocycles. The molecular weight excluding hydrogens is 230 g/mol. The largest absolute Gasteiger partial charge is 0.385 e. The second-order valence-corrected chi connectivity index (χ2v) is 3.48. The zero-order valence-electron chi connectivity index (χ0n) is 9.00. The summed E-state index contributed by atoms with van der Waals surface area (Å²) in [6.07, 6.45) is 2.31. The minimum absolute atomic E-state index is 0.265. The van der Waals surface area contributed by atoms with Crippen molar-refractivity contribution in [3.8, 4) is 0 Å². The molecule has 2 N–H and O–H groups in total. The van der Waals surface area contributed by atoms with Crippen molar-refractivity contribution in [2.75, 3.05) is 25.6 Å². The summed E-state index contributed by atoms with van der Waals surface area (Å²) >= 11 is 5.67. The van der Waals surface area contributed by atoms with Gasteiger partial charge in [0.05, 0.1) is 0 Å². The van der Waals surface area contributed by atoms with E-state index in [9.17, 15) is 4.79 Å². The molecular formula is C10H14ClN3O2. The Hall–Kier alpha value is -1.33. The van der Waals surface area contributed by atoms with Gasteiger partial charge in [-0.15, -0.1) is 0 Å². The van der Waals surface area contributed by atoms with Crippen molar-refractivity contribution in [3.63, 3.8) is 0 Å². The Morgan fingerprint density at radius 2 is 2.44 bits per heavy atom. The van der Waals surface area contributed by atoms with Crippen molar-refractivity contribution in [3.05, 3.63) is 23.5 Å². The summed E-state index contributed by atoms with van der Waals surface area (Å²) < 4.78 is 4.86. The molecule has 0 unspecified atom stereocenters. The van der Waals surface area contributed by atoms with Crippen LogP contribution in [-0.2, 0) is 4.74 Å². The molecule has 0 bridgehead atoms. The van der Waals surface area contributed by atoms with Crippen LogP contribution in [0.1, 0.15) is 6.42 Å². The lowest BCUT2D eigenvalue weighted by molar-refractivity contribution is 0.194. The van der Waals surface area contributed by atoms with Gasteiger partial charge >= 0.3 is 6.03 Å². The van der Waals surface area contributed by atoms with Crippen LogP contribution in [0.3, 0.4) is 0 Å². The van der Waals surface area contributed by atoms with Crippen molar-refractivity contribution in [2.45, 2.75) is 6.42 Å². The first-order valence-electron chi connectivity index (χ1n) is 4.87. The number of nitrogens with zero attached hydrogens (tertiary/aromatic N) is 1. The van der Waals surface area contributed by atoms with E-state index in [1.54, 1.807) is 19.2 Å². The lowest BCUT2D eigenvalue weighted by Crippen LogP contribution is -2.30. The number of ether oxygens (including phenoxy) is 1. The number of nitrogens with one attached hydrogen (secondary N) is 2. The first-order valence-corrected chi connectivity index (χ1v) is 5.25. The molecule has 0 aliphatic carbocycles. The second-order valence-electron chi connectivity index (χ2n) is 3.09. The fourth-order valence-corrected chi connectivity index (χ4v) is 1.25. The molecule has 1 aromatic rings. The molecule has 1 rings (SSSR count).